The van der Waals surface area contributed by atoms with Gasteiger partial charge in [0.15, 0.2) is 11.5 Å². The molecule has 1 atom stereocenters. The third-order valence-electron chi connectivity index (χ3n) is 4.09. The Morgan fingerprint density at radius 2 is 2.15 bits per heavy atom. The van der Waals surface area contributed by atoms with Crippen molar-refractivity contribution in [3.05, 3.63) is 22.7 Å². The fourth-order valence-corrected chi connectivity index (χ4v) is 3.06. The van der Waals surface area contributed by atoms with Gasteiger partial charge in [-0.05, 0) is 62.3 Å². The topological polar surface area (TPSA) is 30.5 Å². The van der Waals surface area contributed by atoms with E-state index >= 15 is 0 Å². The van der Waals surface area contributed by atoms with Gasteiger partial charge in [0.25, 0.3) is 0 Å². The van der Waals surface area contributed by atoms with Crippen molar-refractivity contribution in [2.45, 2.75) is 38.1 Å². The summed E-state index contributed by atoms with van der Waals surface area (Å²) in [5.74, 6) is 2.17. The molecule has 1 saturated heterocycles. The first kappa shape index (κ1) is 14.0. The first-order valence-electron chi connectivity index (χ1n) is 7.49. The average molecular weight is 296 g/mol. The Morgan fingerprint density at radius 1 is 1.30 bits per heavy atom. The normalized spacial score (nSPS) is 22.0. The van der Waals surface area contributed by atoms with Gasteiger partial charge in [0.1, 0.15) is 0 Å². The van der Waals surface area contributed by atoms with Crippen LogP contribution in [0.15, 0.2) is 12.1 Å². The Hall–Kier alpha value is -0.930. The second-order valence-electron chi connectivity index (χ2n) is 5.86. The minimum absolute atomic E-state index is 0.566. The molecule has 0 radical (unpaired) electrons. The fourth-order valence-electron chi connectivity index (χ4n) is 2.75. The van der Waals surface area contributed by atoms with Crippen LogP contribution in [0.4, 0.5) is 0 Å². The zero-order chi connectivity index (χ0) is 13.9. The molecule has 20 heavy (non-hydrogen) atoms. The van der Waals surface area contributed by atoms with Gasteiger partial charge in [-0.3, -0.25) is 0 Å². The van der Waals surface area contributed by atoms with E-state index in [1.807, 2.05) is 6.07 Å². The zero-order valence-corrected chi connectivity index (χ0v) is 12.7. The molecule has 1 aromatic carbocycles. The van der Waals surface area contributed by atoms with Crippen molar-refractivity contribution >= 4 is 11.6 Å². The number of rotatable bonds is 6. The lowest BCUT2D eigenvalue weighted by Gasteiger charge is -2.16. The van der Waals surface area contributed by atoms with Crippen LogP contribution in [-0.2, 0) is 6.42 Å². The molecule has 0 aromatic heterocycles. The Labute approximate surface area is 125 Å². The van der Waals surface area contributed by atoms with Crippen LogP contribution in [0.3, 0.4) is 0 Å². The molecule has 1 aliphatic heterocycles. The van der Waals surface area contributed by atoms with E-state index in [2.05, 4.69) is 11.4 Å². The molecular weight excluding hydrogens is 274 g/mol. The smallest absolute Gasteiger partial charge is 0.179 e. The SMILES string of the molecule is COc1c(Cl)cc(CC2CCCN2)cc1OCC1CC1. The molecule has 4 heteroatoms. The van der Waals surface area contributed by atoms with Crippen LogP contribution in [0.1, 0.15) is 31.2 Å². The first-order chi connectivity index (χ1) is 9.76. The van der Waals surface area contributed by atoms with Crippen molar-refractivity contribution in [3.8, 4) is 11.5 Å². The lowest BCUT2D eigenvalue weighted by molar-refractivity contribution is 0.280. The van der Waals surface area contributed by atoms with Crippen molar-refractivity contribution in [1.82, 2.24) is 5.32 Å². The largest absolute Gasteiger partial charge is 0.491 e. The molecule has 1 saturated carbocycles. The summed E-state index contributed by atoms with van der Waals surface area (Å²) in [6.45, 7) is 1.90. The van der Waals surface area contributed by atoms with E-state index in [1.54, 1.807) is 7.11 Å². The van der Waals surface area contributed by atoms with Crippen molar-refractivity contribution in [1.29, 1.82) is 0 Å². The Kier molecular flexibility index (Phi) is 4.37. The van der Waals surface area contributed by atoms with Crippen LogP contribution < -0.4 is 14.8 Å². The first-order valence-corrected chi connectivity index (χ1v) is 7.86. The molecule has 3 rings (SSSR count). The van der Waals surface area contributed by atoms with Gasteiger partial charge in [-0.1, -0.05) is 11.6 Å². The van der Waals surface area contributed by atoms with Crippen LogP contribution >= 0.6 is 11.6 Å². The van der Waals surface area contributed by atoms with Gasteiger partial charge >= 0.3 is 0 Å². The number of halogens is 1. The molecule has 0 bridgehead atoms. The number of ether oxygens (including phenoxy) is 2. The number of methoxy groups -OCH3 is 1. The molecule has 1 N–H and O–H groups in total. The molecule has 1 aliphatic carbocycles. The van der Waals surface area contributed by atoms with Crippen LogP contribution in [-0.4, -0.2) is 26.3 Å². The minimum atomic E-state index is 0.566. The highest BCUT2D eigenvalue weighted by molar-refractivity contribution is 6.32. The van der Waals surface area contributed by atoms with E-state index in [0.29, 0.717) is 16.8 Å². The molecule has 1 heterocycles. The maximum absolute atomic E-state index is 6.33. The molecule has 2 fully saturated rings. The molecule has 0 spiro atoms. The Bertz CT molecular complexity index is 468. The van der Waals surface area contributed by atoms with Gasteiger partial charge in [-0.25, -0.2) is 0 Å². The monoisotopic (exact) mass is 295 g/mol. The third kappa shape index (κ3) is 3.39. The van der Waals surface area contributed by atoms with E-state index in [-0.39, 0.29) is 0 Å². The maximum Gasteiger partial charge on any atom is 0.179 e. The van der Waals surface area contributed by atoms with Gasteiger partial charge in [0, 0.05) is 6.04 Å². The van der Waals surface area contributed by atoms with Gasteiger partial charge < -0.3 is 14.8 Å². The van der Waals surface area contributed by atoms with Crippen LogP contribution in [0.25, 0.3) is 0 Å². The summed E-state index contributed by atoms with van der Waals surface area (Å²) in [6, 6.07) is 4.66. The van der Waals surface area contributed by atoms with Crippen molar-refractivity contribution < 1.29 is 9.47 Å². The predicted octanol–water partition coefficient (Wildman–Crippen LogP) is 3.43. The highest BCUT2D eigenvalue weighted by Gasteiger charge is 2.23. The van der Waals surface area contributed by atoms with Crippen molar-refractivity contribution in [2.24, 2.45) is 5.92 Å². The third-order valence-corrected chi connectivity index (χ3v) is 4.37. The summed E-state index contributed by atoms with van der Waals surface area (Å²) < 4.78 is 11.3. The van der Waals surface area contributed by atoms with Crippen LogP contribution in [0.5, 0.6) is 11.5 Å². The maximum atomic E-state index is 6.33. The number of hydrogen-bond acceptors (Lipinski definition) is 3. The quantitative estimate of drug-likeness (QED) is 0.872. The summed E-state index contributed by atoms with van der Waals surface area (Å²) in [4.78, 5) is 0. The number of hydrogen-bond donors (Lipinski definition) is 1. The lowest BCUT2D eigenvalue weighted by Crippen LogP contribution is -2.23. The van der Waals surface area contributed by atoms with E-state index in [4.69, 9.17) is 21.1 Å². The highest BCUT2D eigenvalue weighted by atomic mass is 35.5. The van der Waals surface area contributed by atoms with E-state index in [0.717, 1.165) is 31.2 Å². The number of benzene rings is 1. The molecular formula is C16H22ClNO2. The summed E-state index contributed by atoms with van der Waals surface area (Å²) in [7, 11) is 1.64. The van der Waals surface area contributed by atoms with Gasteiger partial charge in [-0.2, -0.15) is 0 Å². The summed E-state index contributed by atoms with van der Waals surface area (Å²) in [5.41, 5.74) is 1.22. The van der Waals surface area contributed by atoms with Crippen molar-refractivity contribution in [2.75, 3.05) is 20.3 Å². The summed E-state index contributed by atoms with van der Waals surface area (Å²) in [6.07, 6.45) is 6.06. The summed E-state index contributed by atoms with van der Waals surface area (Å²) >= 11 is 6.33. The van der Waals surface area contributed by atoms with E-state index in [9.17, 15) is 0 Å². The Balaban J connectivity index is 1.75. The molecule has 1 unspecified atom stereocenters. The predicted molar refractivity (Wildman–Crippen MR) is 81.0 cm³/mol. The number of nitrogens with one attached hydrogen (secondary N) is 1. The zero-order valence-electron chi connectivity index (χ0n) is 12.0. The molecule has 0 amide bonds. The fraction of sp³-hybridized carbons (Fsp3) is 0.625. The van der Waals surface area contributed by atoms with Crippen LogP contribution in [0.2, 0.25) is 5.02 Å². The standard InChI is InChI=1S/C16H22ClNO2/c1-19-16-14(17)8-12(7-13-3-2-6-18-13)9-15(16)20-10-11-4-5-11/h8-9,11,13,18H,2-7,10H2,1H3. The van der Waals surface area contributed by atoms with E-state index in [1.165, 1.54) is 31.2 Å². The highest BCUT2D eigenvalue weighted by Crippen LogP contribution is 2.38. The van der Waals surface area contributed by atoms with Crippen molar-refractivity contribution in [3.63, 3.8) is 0 Å². The second-order valence-corrected chi connectivity index (χ2v) is 6.27. The molecule has 110 valence electrons. The lowest BCUT2D eigenvalue weighted by atomic mass is 10.0. The van der Waals surface area contributed by atoms with Crippen LogP contribution in [0, 0.1) is 5.92 Å². The van der Waals surface area contributed by atoms with E-state index < -0.39 is 0 Å². The molecule has 1 aromatic rings. The average Bonchev–Trinajstić information content (AvgIpc) is 3.13. The van der Waals surface area contributed by atoms with Gasteiger partial charge in [0.2, 0.25) is 0 Å². The molecule has 2 aliphatic rings. The van der Waals surface area contributed by atoms with Gasteiger partial charge in [0.05, 0.1) is 18.7 Å². The molecule has 3 nitrogen and oxygen atoms in total. The minimum Gasteiger partial charge on any atom is -0.491 e. The summed E-state index contributed by atoms with van der Waals surface area (Å²) in [5, 5.41) is 4.16. The second kappa shape index (κ2) is 6.23. The van der Waals surface area contributed by atoms with Gasteiger partial charge in [-0.15, -0.1) is 0 Å². The Morgan fingerprint density at radius 3 is 2.80 bits per heavy atom.